The molecule has 32 heavy (non-hydrogen) atoms. The second-order valence-corrected chi connectivity index (χ2v) is 9.65. The number of rotatable bonds is 7. The standard InChI is InChI=1S/C22H25BrN2O6S/c1-11-12(2)20(30-14(4)27)21(31-17(11)10-29-13(3)26)25-22-24-9-18(32-22)19(28)15-5-7-16(23)8-6-15/h5-9,11-12,17,20-21H,10H2,1-4H3,(H,24,25)/t11-,12-,17?,20?,21-/m0/s1. The summed E-state index contributed by atoms with van der Waals surface area (Å²) in [6, 6.07) is 7.09. The number of nitrogens with zero attached hydrogens (tertiary/aromatic N) is 1. The van der Waals surface area contributed by atoms with Crippen LogP contribution in [0.1, 0.15) is 42.9 Å². The monoisotopic (exact) mass is 524 g/mol. The van der Waals surface area contributed by atoms with E-state index in [1.165, 1.54) is 31.4 Å². The van der Waals surface area contributed by atoms with E-state index in [4.69, 9.17) is 14.2 Å². The summed E-state index contributed by atoms with van der Waals surface area (Å²) >= 11 is 4.54. The van der Waals surface area contributed by atoms with Crippen LogP contribution in [0.3, 0.4) is 0 Å². The molecular weight excluding hydrogens is 500 g/mol. The van der Waals surface area contributed by atoms with E-state index in [1.54, 1.807) is 24.3 Å². The summed E-state index contributed by atoms with van der Waals surface area (Å²) in [5, 5.41) is 3.61. The number of hydrogen-bond donors (Lipinski definition) is 1. The highest BCUT2D eigenvalue weighted by Crippen LogP contribution is 2.34. The molecule has 0 saturated carbocycles. The van der Waals surface area contributed by atoms with E-state index in [0.717, 1.165) is 4.47 Å². The zero-order valence-corrected chi connectivity index (χ0v) is 20.6. The average molecular weight is 525 g/mol. The van der Waals surface area contributed by atoms with Gasteiger partial charge in [-0.15, -0.1) is 0 Å². The highest BCUT2D eigenvalue weighted by Gasteiger charge is 2.44. The summed E-state index contributed by atoms with van der Waals surface area (Å²) in [6.07, 6.45) is -0.177. The third-order valence-electron chi connectivity index (χ3n) is 5.41. The fourth-order valence-electron chi connectivity index (χ4n) is 3.48. The molecule has 2 aromatic rings. The van der Waals surface area contributed by atoms with Crippen molar-refractivity contribution in [1.29, 1.82) is 0 Å². The van der Waals surface area contributed by atoms with E-state index in [9.17, 15) is 14.4 Å². The topological polar surface area (TPSA) is 104 Å². The van der Waals surface area contributed by atoms with Crippen LogP contribution in [0.25, 0.3) is 0 Å². The molecule has 1 aromatic heterocycles. The lowest BCUT2D eigenvalue weighted by Crippen LogP contribution is -2.55. The first-order chi connectivity index (χ1) is 15.2. The average Bonchev–Trinajstić information content (AvgIpc) is 3.20. The van der Waals surface area contributed by atoms with Gasteiger partial charge in [-0.1, -0.05) is 41.1 Å². The number of ketones is 1. The van der Waals surface area contributed by atoms with Gasteiger partial charge in [0, 0.05) is 29.8 Å². The molecule has 0 spiro atoms. The van der Waals surface area contributed by atoms with Crippen LogP contribution in [0.15, 0.2) is 34.9 Å². The summed E-state index contributed by atoms with van der Waals surface area (Å²) in [5.41, 5.74) is 0.555. The number of anilines is 1. The van der Waals surface area contributed by atoms with Crippen molar-refractivity contribution in [2.75, 3.05) is 11.9 Å². The molecule has 172 valence electrons. The maximum absolute atomic E-state index is 12.7. The highest BCUT2D eigenvalue weighted by molar-refractivity contribution is 9.10. The summed E-state index contributed by atoms with van der Waals surface area (Å²) in [4.78, 5) is 40.5. The van der Waals surface area contributed by atoms with Crippen molar-refractivity contribution in [3.05, 3.63) is 45.4 Å². The first-order valence-corrected chi connectivity index (χ1v) is 11.7. The van der Waals surface area contributed by atoms with Crippen molar-refractivity contribution in [3.63, 3.8) is 0 Å². The second kappa shape index (κ2) is 10.5. The third-order valence-corrected chi connectivity index (χ3v) is 6.86. The van der Waals surface area contributed by atoms with Gasteiger partial charge in [0.2, 0.25) is 5.78 Å². The van der Waals surface area contributed by atoms with Crippen molar-refractivity contribution >= 4 is 50.1 Å². The van der Waals surface area contributed by atoms with Gasteiger partial charge in [-0.2, -0.15) is 0 Å². The number of esters is 2. The van der Waals surface area contributed by atoms with Gasteiger partial charge in [-0.3, -0.25) is 14.4 Å². The molecule has 5 atom stereocenters. The molecule has 2 heterocycles. The lowest BCUT2D eigenvalue weighted by molar-refractivity contribution is -0.197. The molecule has 2 unspecified atom stereocenters. The Hall–Kier alpha value is -2.30. The van der Waals surface area contributed by atoms with Gasteiger partial charge >= 0.3 is 11.9 Å². The lowest BCUT2D eigenvalue weighted by atomic mass is 9.83. The van der Waals surface area contributed by atoms with Gasteiger partial charge in [-0.05, 0) is 30.2 Å². The van der Waals surface area contributed by atoms with Crippen molar-refractivity contribution < 1.29 is 28.6 Å². The summed E-state index contributed by atoms with van der Waals surface area (Å²) in [6.45, 7) is 6.70. The fourth-order valence-corrected chi connectivity index (χ4v) is 4.55. The van der Waals surface area contributed by atoms with E-state index in [1.807, 2.05) is 13.8 Å². The Morgan fingerprint density at radius 1 is 1.12 bits per heavy atom. The maximum Gasteiger partial charge on any atom is 0.303 e. The van der Waals surface area contributed by atoms with Gasteiger partial charge in [0.15, 0.2) is 11.4 Å². The molecule has 1 N–H and O–H groups in total. The Morgan fingerprint density at radius 2 is 1.81 bits per heavy atom. The summed E-state index contributed by atoms with van der Waals surface area (Å²) < 4.78 is 17.7. The lowest BCUT2D eigenvalue weighted by Gasteiger charge is -2.43. The minimum Gasteiger partial charge on any atom is -0.463 e. The van der Waals surface area contributed by atoms with Crippen molar-refractivity contribution in [2.45, 2.75) is 46.1 Å². The van der Waals surface area contributed by atoms with Crippen LogP contribution in [0.5, 0.6) is 0 Å². The SMILES string of the molecule is CC(=O)OCC1O[C@H](Nc2ncc(C(=O)c3ccc(Br)cc3)s2)C(OC(C)=O)[C@@H](C)[C@@H]1C. The van der Waals surface area contributed by atoms with Gasteiger partial charge < -0.3 is 19.5 Å². The minimum atomic E-state index is -0.715. The van der Waals surface area contributed by atoms with E-state index in [0.29, 0.717) is 15.6 Å². The van der Waals surface area contributed by atoms with E-state index in [2.05, 4.69) is 26.2 Å². The number of thiazole rings is 1. The van der Waals surface area contributed by atoms with Crippen LogP contribution < -0.4 is 5.32 Å². The van der Waals surface area contributed by atoms with Crippen LogP contribution in [0.2, 0.25) is 0 Å². The number of nitrogens with one attached hydrogen (secondary N) is 1. The Kier molecular flexibility index (Phi) is 8.02. The maximum atomic E-state index is 12.7. The van der Waals surface area contributed by atoms with Gasteiger partial charge in [0.25, 0.3) is 0 Å². The molecule has 8 nitrogen and oxygen atoms in total. The highest BCUT2D eigenvalue weighted by atomic mass is 79.9. The van der Waals surface area contributed by atoms with E-state index >= 15 is 0 Å². The van der Waals surface area contributed by atoms with E-state index < -0.39 is 24.3 Å². The molecule has 1 aliphatic heterocycles. The molecule has 0 aliphatic carbocycles. The first kappa shape index (κ1) is 24.3. The molecule has 10 heteroatoms. The van der Waals surface area contributed by atoms with Gasteiger partial charge in [0.05, 0.1) is 17.2 Å². The molecule has 3 rings (SSSR count). The number of carbonyl (C=O) groups excluding carboxylic acids is 3. The van der Waals surface area contributed by atoms with Gasteiger partial charge in [0.1, 0.15) is 12.7 Å². The number of ether oxygens (including phenoxy) is 3. The molecule has 0 radical (unpaired) electrons. The van der Waals surface area contributed by atoms with Crippen molar-refractivity contribution in [1.82, 2.24) is 4.98 Å². The molecule has 1 aliphatic rings. The first-order valence-electron chi connectivity index (χ1n) is 10.1. The zero-order chi connectivity index (χ0) is 23.4. The van der Waals surface area contributed by atoms with Crippen molar-refractivity contribution in [3.8, 4) is 0 Å². The van der Waals surface area contributed by atoms with Crippen LogP contribution >= 0.6 is 27.3 Å². The summed E-state index contributed by atoms with van der Waals surface area (Å²) in [7, 11) is 0. The largest absolute Gasteiger partial charge is 0.463 e. The number of aromatic nitrogens is 1. The Balaban J connectivity index is 1.77. The predicted octanol–water partition coefficient (Wildman–Crippen LogP) is 4.04. The molecular formula is C22H25BrN2O6S. The molecule has 1 fully saturated rings. The van der Waals surface area contributed by atoms with Crippen LogP contribution in [-0.2, 0) is 23.8 Å². The molecule has 0 amide bonds. The number of benzene rings is 1. The summed E-state index contributed by atoms with van der Waals surface area (Å²) in [5.74, 6) is -1.06. The smallest absolute Gasteiger partial charge is 0.303 e. The quantitative estimate of drug-likeness (QED) is 0.427. The van der Waals surface area contributed by atoms with Crippen molar-refractivity contribution in [2.24, 2.45) is 11.8 Å². The van der Waals surface area contributed by atoms with Crippen LogP contribution in [0.4, 0.5) is 5.13 Å². The third kappa shape index (κ3) is 5.93. The van der Waals surface area contributed by atoms with Gasteiger partial charge in [-0.25, -0.2) is 4.98 Å². The Morgan fingerprint density at radius 3 is 2.44 bits per heavy atom. The number of halogens is 1. The Labute approximate surface area is 198 Å². The number of carbonyl (C=O) groups is 3. The number of hydrogen-bond acceptors (Lipinski definition) is 9. The molecule has 1 aromatic carbocycles. The molecule has 1 saturated heterocycles. The van der Waals surface area contributed by atoms with Crippen LogP contribution in [0, 0.1) is 11.8 Å². The Bertz CT molecular complexity index is 977. The van der Waals surface area contributed by atoms with Crippen LogP contribution in [-0.4, -0.2) is 47.7 Å². The predicted molar refractivity (Wildman–Crippen MR) is 122 cm³/mol. The molecule has 0 bridgehead atoms. The minimum absolute atomic E-state index is 0.0254. The van der Waals surface area contributed by atoms with E-state index in [-0.39, 0.29) is 30.3 Å². The normalized spacial score (nSPS) is 25.1. The second-order valence-electron chi connectivity index (χ2n) is 7.70. The zero-order valence-electron chi connectivity index (χ0n) is 18.2. The fraction of sp³-hybridized carbons (Fsp3) is 0.455.